The van der Waals surface area contributed by atoms with Crippen molar-refractivity contribution in [3.63, 3.8) is 0 Å². The minimum absolute atomic E-state index is 0.122. The van der Waals surface area contributed by atoms with Gasteiger partial charge in [-0.05, 0) is 50.9 Å². The number of aromatic hydroxyl groups is 1. The normalized spacial score (nSPS) is 24.7. The van der Waals surface area contributed by atoms with Crippen LogP contribution in [0.1, 0.15) is 30.9 Å². The molecule has 0 aromatic heterocycles. The number of rotatable bonds is 2. The molecular weight excluding hydrogens is 202 g/mol. The van der Waals surface area contributed by atoms with Crippen LogP contribution < -0.4 is 10.1 Å². The fourth-order valence-corrected chi connectivity index (χ4v) is 2.41. The van der Waals surface area contributed by atoms with Gasteiger partial charge in [-0.3, -0.25) is 0 Å². The number of benzene rings is 1. The Labute approximate surface area is 96.4 Å². The maximum absolute atomic E-state index is 10.1. The van der Waals surface area contributed by atoms with Gasteiger partial charge in [-0.2, -0.15) is 0 Å². The highest BCUT2D eigenvalue weighted by Crippen LogP contribution is 2.39. The van der Waals surface area contributed by atoms with E-state index in [0.29, 0.717) is 5.75 Å². The maximum Gasteiger partial charge on any atom is 0.123 e. The number of nitrogens with one attached hydrogen (secondary N) is 1. The van der Waals surface area contributed by atoms with Gasteiger partial charge < -0.3 is 15.2 Å². The van der Waals surface area contributed by atoms with Crippen molar-refractivity contribution in [3.8, 4) is 11.5 Å². The Kier molecular flexibility index (Phi) is 2.80. The molecule has 1 aromatic rings. The molecule has 3 heteroatoms. The van der Waals surface area contributed by atoms with Gasteiger partial charge in [-0.25, -0.2) is 0 Å². The number of hydrogen-bond acceptors (Lipinski definition) is 3. The third kappa shape index (κ3) is 1.76. The van der Waals surface area contributed by atoms with E-state index in [9.17, 15) is 5.11 Å². The highest BCUT2D eigenvalue weighted by molar-refractivity contribution is 5.49. The summed E-state index contributed by atoms with van der Waals surface area (Å²) in [7, 11) is 1.65. The summed E-state index contributed by atoms with van der Waals surface area (Å²) in [6.07, 6.45) is 2.19. The van der Waals surface area contributed by atoms with E-state index in [1.54, 1.807) is 7.11 Å². The van der Waals surface area contributed by atoms with Crippen molar-refractivity contribution in [1.29, 1.82) is 0 Å². The molecule has 0 aliphatic carbocycles. The van der Waals surface area contributed by atoms with Crippen LogP contribution in [-0.4, -0.2) is 18.8 Å². The Morgan fingerprint density at radius 2 is 2.19 bits per heavy atom. The van der Waals surface area contributed by atoms with Crippen molar-refractivity contribution >= 4 is 0 Å². The first-order valence-electron chi connectivity index (χ1n) is 5.70. The van der Waals surface area contributed by atoms with Gasteiger partial charge in [0.05, 0.1) is 7.11 Å². The van der Waals surface area contributed by atoms with E-state index in [1.807, 2.05) is 19.1 Å². The molecule has 1 aliphatic rings. The highest BCUT2D eigenvalue weighted by atomic mass is 16.5. The molecule has 88 valence electrons. The molecule has 0 bridgehead atoms. The number of phenolic OH excluding ortho intramolecular Hbond substituents is 1. The minimum atomic E-state index is -0.122. The van der Waals surface area contributed by atoms with Crippen LogP contribution in [0.15, 0.2) is 12.1 Å². The van der Waals surface area contributed by atoms with E-state index in [2.05, 4.69) is 12.2 Å². The summed E-state index contributed by atoms with van der Waals surface area (Å²) in [4.78, 5) is 0. The van der Waals surface area contributed by atoms with Gasteiger partial charge in [0, 0.05) is 11.1 Å². The van der Waals surface area contributed by atoms with E-state index in [-0.39, 0.29) is 5.54 Å². The zero-order valence-corrected chi connectivity index (χ0v) is 10.1. The molecule has 1 heterocycles. The van der Waals surface area contributed by atoms with Crippen LogP contribution in [-0.2, 0) is 5.54 Å². The van der Waals surface area contributed by atoms with Crippen LogP contribution in [0, 0.1) is 6.92 Å². The van der Waals surface area contributed by atoms with Gasteiger partial charge >= 0.3 is 0 Å². The van der Waals surface area contributed by atoms with Gasteiger partial charge in [-0.15, -0.1) is 0 Å². The molecule has 1 aliphatic heterocycles. The number of phenols is 1. The monoisotopic (exact) mass is 221 g/mol. The third-order valence-electron chi connectivity index (χ3n) is 3.47. The van der Waals surface area contributed by atoms with Crippen molar-refractivity contribution in [2.75, 3.05) is 13.7 Å². The summed E-state index contributed by atoms with van der Waals surface area (Å²) in [6, 6.07) is 3.79. The topological polar surface area (TPSA) is 41.5 Å². The van der Waals surface area contributed by atoms with Gasteiger partial charge in [-0.1, -0.05) is 0 Å². The predicted molar refractivity (Wildman–Crippen MR) is 64.0 cm³/mol. The molecule has 2 N–H and O–H groups in total. The second-order valence-corrected chi connectivity index (χ2v) is 4.70. The summed E-state index contributed by atoms with van der Waals surface area (Å²) in [6.45, 7) is 5.04. The lowest BCUT2D eigenvalue weighted by molar-refractivity contribution is 0.380. The zero-order chi connectivity index (χ0) is 11.8. The largest absolute Gasteiger partial charge is 0.507 e. The smallest absolute Gasteiger partial charge is 0.123 e. The van der Waals surface area contributed by atoms with Crippen molar-refractivity contribution in [2.24, 2.45) is 0 Å². The molecule has 0 amide bonds. The molecule has 0 saturated carbocycles. The van der Waals surface area contributed by atoms with E-state index >= 15 is 0 Å². The standard InChI is InChI=1S/C13H19NO2/c1-9-7-10(16-3)8-11(12(9)15)13(2)5-4-6-14-13/h7-8,14-15H,4-6H2,1-3H3. The lowest BCUT2D eigenvalue weighted by atomic mass is 9.88. The molecule has 2 rings (SSSR count). The Morgan fingerprint density at radius 1 is 1.44 bits per heavy atom. The van der Waals surface area contributed by atoms with Gasteiger partial charge in [0.1, 0.15) is 11.5 Å². The van der Waals surface area contributed by atoms with E-state index in [4.69, 9.17) is 4.74 Å². The predicted octanol–water partition coefficient (Wildman–Crippen LogP) is 2.31. The summed E-state index contributed by atoms with van der Waals surface area (Å²) in [5.41, 5.74) is 1.69. The Bertz CT molecular complexity index is 395. The molecule has 0 radical (unpaired) electrons. The van der Waals surface area contributed by atoms with Crippen LogP contribution in [0.3, 0.4) is 0 Å². The summed E-state index contributed by atoms with van der Waals surface area (Å²) in [5, 5.41) is 13.6. The minimum Gasteiger partial charge on any atom is -0.507 e. The van der Waals surface area contributed by atoms with Crippen molar-refractivity contribution in [3.05, 3.63) is 23.3 Å². The molecule has 1 atom stereocenters. The average Bonchev–Trinajstić information content (AvgIpc) is 2.70. The number of hydrogen-bond donors (Lipinski definition) is 2. The number of ether oxygens (including phenoxy) is 1. The van der Waals surface area contributed by atoms with Gasteiger partial charge in [0.2, 0.25) is 0 Å². The zero-order valence-electron chi connectivity index (χ0n) is 10.1. The number of aryl methyl sites for hydroxylation is 1. The Balaban J connectivity index is 2.50. The molecule has 0 spiro atoms. The molecule has 1 unspecified atom stereocenters. The van der Waals surface area contributed by atoms with Crippen molar-refractivity contribution in [2.45, 2.75) is 32.2 Å². The molecule has 3 nitrogen and oxygen atoms in total. The summed E-state index contributed by atoms with van der Waals surface area (Å²) in [5.74, 6) is 1.19. The number of methoxy groups -OCH3 is 1. The van der Waals surface area contributed by atoms with Crippen LogP contribution in [0.4, 0.5) is 0 Å². The quantitative estimate of drug-likeness (QED) is 0.805. The van der Waals surface area contributed by atoms with Crippen LogP contribution >= 0.6 is 0 Å². The maximum atomic E-state index is 10.1. The van der Waals surface area contributed by atoms with Crippen molar-refractivity contribution < 1.29 is 9.84 Å². The van der Waals surface area contributed by atoms with E-state index in [1.165, 1.54) is 0 Å². The first-order chi connectivity index (χ1) is 7.57. The molecule has 1 fully saturated rings. The van der Waals surface area contributed by atoms with E-state index in [0.717, 1.165) is 36.3 Å². The highest BCUT2D eigenvalue weighted by Gasteiger charge is 2.33. The second-order valence-electron chi connectivity index (χ2n) is 4.70. The second kappa shape index (κ2) is 3.98. The fourth-order valence-electron chi connectivity index (χ4n) is 2.41. The Hall–Kier alpha value is -1.22. The van der Waals surface area contributed by atoms with Gasteiger partial charge in [0.15, 0.2) is 0 Å². The third-order valence-corrected chi connectivity index (χ3v) is 3.47. The summed E-state index contributed by atoms with van der Waals surface area (Å²) < 4.78 is 5.26. The lowest BCUT2D eigenvalue weighted by Crippen LogP contribution is -2.33. The van der Waals surface area contributed by atoms with Crippen molar-refractivity contribution in [1.82, 2.24) is 5.32 Å². The molecule has 1 saturated heterocycles. The summed E-state index contributed by atoms with van der Waals surface area (Å²) >= 11 is 0. The first kappa shape index (κ1) is 11.3. The first-order valence-corrected chi connectivity index (χ1v) is 5.70. The molecule has 16 heavy (non-hydrogen) atoms. The van der Waals surface area contributed by atoms with Gasteiger partial charge in [0.25, 0.3) is 0 Å². The fraction of sp³-hybridized carbons (Fsp3) is 0.538. The van der Waals surface area contributed by atoms with Crippen LogP contribution in [0.25, 0.3) is 0 Å². The SMILES string of the molecule is COc1cc(C)c(O)c(C2(C)CCCN2)c1. The van der Waals surface area contributed by atoms with E-state index < -0.39 is 0 Å². The van der Waals surface area contributed by atoms with Crippen LogP contribution in [0.5, 0.6) is 11.5 Å². The Morgan fingerprint density at radius 3 is 2.75 bits per heavy atom. The lowest BCUT2D eigenvalue weighted by Gasteiger charge is -2.27. The van der Waals surface area contributed by atoms with Crippen LogP contribution in [0.2, 0.25) is 0 Å². The molecular formula is C13H19NO2. The molecule has 1 aromatic carbocycles. The average molecular weight is 221 g/mol.